The maximum Gasteiger partial charge on any atom is 0.0999 e. The molecular formula is C20H23N7. The van der Waals surface area contributed by atoms with Crippen LogP contribution in [0.2, 0.25) is 0 Å². The van der Waals surface area contributed by atoms with E-state index in [0.717, 1.165) is 40.4 Å². The first-order valence-corrected chi connectivity index (χ1v) is 9.59. The van der Waals surface area contributed by atoms with Gasteiger partial charge in [-0.25, -0.2) is 9.50 Å². The molecule has 0 N–H and O–H groups in total. The number of rotatable bonds is 6. The molecule has 0 bridgehead atoms. The summed E-state index contributed by atoms with van der Waals surface area (Å²) in [5.41, 5.74) is 4.75. The van der Waals surface area contributed by atoms with Gasteiger partial charge in [-0.1, -0.05) is 19.8 Å². The van der Waals surface area contributed by atoms with Crippen molar-refractivity contribution in [3.63, 3.8) is 0 Å². The number of hydrogen-bond donors (Lipinski definition) is 0. The Labute approximate surface area is 157 Å². The van der Waals surface area contributed by atoms with Gasteiger partial charge < -0.3 is 0 Å². The van der Waals surface area contributed by atoms with Gasteiger partial charge in [-0.15, -0.1) is 0 Å². The van der Waals surface area contributed by atoms with Gasteiger partial charge in [0.1, 0.15) is 0 Å². The number of hydrogen-bond acceptors (Lipinski definition) is 4. The molecule has 1 atom stereocenters. The van der Waals surface area contributed by atoms with Crippen LogP contribution in [0.1, 0.15) is 38.6 Å². The Kier molecular flexibility index (Phi) is 3.81. The van der Waals surface area contributed by atoms with Crippen molar-refractivity contribution in [1.82, 2.24) is 34.2 Å². The lowest BCUT2D eigenvalue weighted by molar-refractivity contribution is 0.393. The van der Waals surface area contributed by atoms with Crippen molar-refractivity contribution in [2.75, 3.05) is 0 Å². The molecule has 1 unspecified atom stereocenters. The van der Waals surface area contributed by atoms with Crippen LogP contribution in [-0.2, 0) is 7.05 Å². The first kappa shape index (κ1) is 16.2. The summed E-state index contributed by atoms with van der Waals surface area (Å²) in [7, 11) is 1.91. The summed E-state index contributed by atoms with van der Waals surface area (Å²) >= 11 is 0. The fourth-order valence-corrected chi connectivity index (χ4v) is 3.69. The summed E-state index contributed by atoms with van der Waals surface area (Å²) in [4.78, 5) is 4.93. The normalized spacial score (nSPS) is 15.5. The van der Waals surface area contributed by atoms with E-state index >= 15 is 0 Å². The molecule has 0 amide bonds. The van der Waals surface area contributed by atoms with E-state index in [1.807, 2.05) is 42.4 Å². The van der Waals surface area contributed by atoms with E-state index in [4.69, 9.17) is 4.98 Å². The Morgan fingerprint density at radius 3 is 2.67 bits per heavy atom. The van der Waals surface area contributed by atoms with Gasteiger partial charge in [0, 0.05) is 30.6 Å². The predicted octanol–water partition coefficient (Wildman–Crippen LogP) is 3.74. The van der Waals surface area contributed by atoms with Crippen molar-refractivity contribution >= 4 is 5.52 Å². The number of aromatic nitrogens is 7. The predicted molar refractivity (Wildman–Crippen MR) is 103 cm³/mol. The molecule has 0 aromatic carbocycles. The van der Waals surface area contributed by atoms with Crippen LogP contribution in [0.3, 0.4) is 0 Å². The number of aryl methyl sites for hydroxylation is 1. The Morgan fingerprint density at radius 2 is 1.93 bits per heavy atom. The molecule has 7 heteroatoms. The van der Waals surface area contributed by atoms with E-state index in [-0.39, 0.29) is 0 Å². The maximum atomic E-state index is 4.93. The molecule has 1 saturated carbocycles. The number of fused-ring (bicyclic) bond motifs is 1. The quantitative estimate of drug-likeness (QED) is 0.525. The van der Waals surface area contributed by atoms with Crippen LogP contribution in [0.4, 0.5) is 0 Å². The lowest BCUT2D eigenvalue weighted by Gasteiger charge is -2.14. The molecule has 1 fully saturated rings. The van der Waals surface area contributed by atoms with Crippen molar-refractivity contribution in [3.8, 4) is 22.5 Å². The monoisotopic (exact) mass is 361 g/mol. The third-order valence-electron chi connectivity index (χ3n) is 5.41. The largest absolute Gasteiger partial charge is 0.275 e. The third kappa shape index (κ3) is 3.03. The molecule has 138 valence electrons. The van der Waals surface area contributed by atoms with Gasteiger partial charge in [-0.05, 0) is 24.8 Å². The second kappa shape index (κ2) is 6.33. The molecule has 0 saturated heterocycles. The summed E-state index contributed by atoms with van der Waals surface area (Å²) in [5, 5.41) is 13.4. The molecular weight excluding hydrogens is 338 g/mol. The lowest BCUT2D eigenvalue weighted by atomic mass is 10.1. The summed E-state index contributed by atoms with van der Waals surface area (Å²) in [6.45, 7) is 2.24. The summed E-state index contributed by atoms with van der Waals surface area (Å²) < 4.78 is 5.79. The summed E-state index contributed by atoms with van der Waals surface area (Å²) in [5.74, 6) is 0.885. The molecule has 1 aliphatic rings. The van der Waals surface area contributed by atoms with Gasteiger partial charge in [-0.2, -0.15) is 15.3 Å². The highest BCUT2D eigenvalue weighted by molar-refractivity contribution is 5.78. The topological polar surface area (TPSA) is 65.8 Å². The second-order valence-electron chi connectivity index (χ2n) is 7.49. The zero-order chi connectivity index (χ0) is 18.4. The standard InChI is InChI=1S/C20H23N7/c1-3-17(8-14-4-5-14)26-12-16(10-23-26)20-19-6-7-21-27(19)13-18(24-20)15-9-22-25(2)11-15/h6-7,9-14,17H,3-5,8H2,1-2H3. The summed E-state index contributed by atoms with van der Waals surface area (Å²) in [6.07, 6.45) is 16.7. The first-order valence-electron chi connectivity index (χ1n) is 9.59. The minimum atomic E-state index is 0.466. The smallest absolute Gasteiger partial charge is 0.0999 e. The molecule has 0 aliphatic heterocycles. The Morgan fingerprint density at radius 1 is 1.07 bits per heavy atom. The van der Waals surface area contributed by atoms with E-state index in [1.54, 1.807) is 10.9 Å². The van der Waals surface area contributed by atoms with Gasteiger partial charge in [0.25, 0.3) is 0 Å². The lowest BCUT2D eigenvalue weighted by Crippen LogP contribution is -2.09. The highest BCUT2D eigenvalue weighted by Gasteiger charge is 2.26. The molecule has 27 heavy (non-hydrogen) atoms. The molecule has 0 spiro atoms. The van der Waals surface area contributed by atoms with Gasteiger partial charge in [0.2, 0.25) is 0 Å². The average Bonchev–Trinajstić information content (AvgIpc) is 3.08. The van der Waals surface area contributed by atoms with Crippen LogP contribution in [0.15, 0.2) is 43.2 Å². The molecule has 4 aromatic rings. The van der Waals surface area contributed by atoms with Crippen molar-refractivity contribution in [2.45, 2.75) is 38.6 Å². The van der Waals surface area contributed by atoms with Gasteiger partial charge in [0.15, 0.2) is 0 Å². The maximum absolute atomic E-state index is 4.93. The zero-order valence-electron chi connectivity index (χ0n) is 15.7. The highest BCUT2D eigenvalue weighted by atomic mass is 15.3. The zero-order valence-corrected chi connectivity index (χ0v) is 15.7. The fraction of sp³-hybridized carbons (Fsp3) is 0.400. The summed E-state index contributed by atoms with van der Waals surface area (Å²) in [6, 6.07) is 2.46. The van der Waals surface area contributed by atoms with Crippen LogP contribution >= 0.6 is 0 Å². The van der Waals surface area contributed by atoms with E-state index in [2.05, 4.69) is 33.1 Å². The molecule has 1 aliphatic carbocycles. The average molecular weight is 361 g/mol. The van der Waals surface area contributed by atoms with Crippen LogP contribution in [0.5, 0.6) is 0 Å². The SMILES string of the molecule is CCC(CC1CC1)n1cc(-c2nc(-c3cnn(C)c3)cn3nccc23)cn1. The van der Waals surface area contributed by atoms with E-state index < -0.39 is 0 Å². The number of nitrogens with zero attached hydrogens (tertiary/aromatic N) is 7. The first-order chi connectivity index (χ1) is 13.2. The third-order valence-corrected chi connectivity index (χ3v) is 5.41. The fourth-order valence-electron chi connectivity index (χ4n) is 3.69. The Balaban J connectivity index is 1.57. The van der Waals surface area contributed by atoms with E-state index in [0.29, 0.717) is 6.04 Å². The van der Waals surface area contributed by atoms with Gasteiger partial charge >= 0.3 is 0 Å². The van der Waals surface area contributed by atoms with Crippen LogP contribution < -0.4 is 0 Å². The van der Waals surface area contributed by atoms with E-state index in [1.165, 1.54) is 19.3 Å². The Bertz CT molecular complexity index is 1080. The van der Waals surface area contributed by atoms with Crippen molar-refractivity contribution in [2.24, 2.45) is 13.0 Å². The minimum absolute atomic E-state index is 0.466. The van der Waals surface area contributed by atoms with Gasteiger partial charge in [0.05, 0.1) is 47.7 Å². The molecule has 7 nitrogen and oxygen atoms in total. The Hall–Kier alpha value is -2.96. The van der Waals surface area contributed by atoms with Crippen LogP contribution in [0.25, 0.3) is 28.0 Å². The second-order valence-corrected chi connectivity index (χ2v) is 7.49. The van der Waals surface area contributed by atoms with Gasteiger partial charge in [-0.3, -0.25) is 9.36 Å². The molecule has 0 radical (unpaired) electrons. The minimum Gasteiger partial charge on any atom is -0.275 e. The van der Waals surface area contributed by atoms with Crippen LogP contribution in [-0.4, -0.2) is 34.2 Å². The molecule has 5 rings (SSSR count). The molecule has 4 aromatic heterocycles. The van der Waals surface area contributed by atoms with Crippen molar-refractivity contribution < 1.29 is 0 Å². The van der Waals surface area contributed by atoms with Crippen LogP contribution in [0, 0.1) is 5.92 Å². The highest BCUT2D eigenvalue weighted by Crippen LogP contribution is 2.38. The molecule has 4 heterocycles. The van der Waals surface area contributed by atoms with Crippen molar-refractivity contribution in [1.29, 1.82) is 0 Å². The van der Waals surface area contributed by atoms with E-state index in [9.17, 15) is 0 Å². The van der Waals surface area contributed by atoms with Crippen molar-refractivity contribution in [3.05, 3.63) is 43.2 Å².